The lowest BCUT2D eigenvalue weighted by molar-refractivity contribution is 0.199. The minimum Gasteiger partial charge on any atom is -0.389 e. The molecule has 1 unspecified atom stereocenters. The molecule has 2 atom stereocenters. The number of halogens is 1. The second-order valence-corrected chi connectivity index (χ2v) is 6.07. The summed E-state index contributed by atoms with van der Waals surface area (Å²) >= 11 is 6.38. The van der Waals surface area contributed by atoms with E-state index < -0.39 is 6.10 Å². The van der Waals surface area contributed by atoms with Crippen molar-refractivity contribution in [3.8, 4) is 0 Å². The van der Waals surface area contributed by atoms with Crippen molar-refractivity contribution in [2.75, 3.05) is 31.1 Å². The van der Waals surface area contributed by atoms with Crippen LogP contribution >= 0.6 is 11.6 Å². The van der Waals surface area contributed by atoms with E-state index in [0.717, 1.165) is 35.9 Å². The van der Waals surface area contributed by atoms with Gasteiger partial charge in [0.15, 0.2) is 0 Å². The maximum absolute atomic E-state index is 9.59. The summed E-state index contributed by atoms with van der Waals surface area (Å²) in [5.41, 5.74) is 1.99. The van der Waals surface area contributed by atoms with Crippen LogP contribution in [0.4, 0.5) is 5.69 Å². The van der Waals surface area contributed by atoms with E-state index in [1.807, 2.05) is 12.1 Å². The first-order chi connectivity index (χ1) is 9.15. The van der Waals surface area contributed by atoms with Gasteiger partial charge in [-0.25, -0.2) is 0 Å². The fourth-order valence-corrected chi connectivity index (χ4v) is 3.56. The number of rotatable bonds is 2. The molecule has 2 saturated heterocycles. The van der Waals surface area contributed by atoms with Gasteiger partial charge in [0, 0.05) is 25.7 Å². The number of fused-ring (bicyclic) bond motifs is 1. The Bertz CT molecular complexity index is 463. The number of hydrogen-bond acceptors (Lipinski definition) is 3. The summed E-state index contributed by atoms with van der Waals surface area (Å²) in [5.74, 6) is 0. The van der Waals surface area contributed by atoms with Gasteiger partial charge in [-0.3, -0.25) is 4.90 Å². The van der Waals surface area contributed by atoms with Crippen LogP contribution in [0.3, 0.4) is 0 Å². The fourth-order valence-electron chi connectivity index (χ4n) is 3.25. The lowest BCUT2D eigenvalue weighted by Gasteiger charge is -2.39. The Morgan fingerprint density at radius 1 is 1.32 bits per heavy atom. The van der Waals surface area contributed by atoms with Crippen LogP contribution in [0.25, 0.3) is 0 Å². The molecule has 104 valence electrons. The Kier molecular flexibility index (Phi) is 3.70. The van der Waals surface area contributed by atoms with E-state index in [0.29, 0.717) is 6.04 Å². The van der Waals surface area contributed by atoms with Crippen LogP contribution in [0.5, 0.6) is 0 Å². The molecule has 0 aromatic heterocycles. The zero-order valence-electron chi connectivity index (χ0n) is 11.3. The van der Waals surface area contributed by atoms with Gasteiger partial charge in [0.05, 0.1) is 16.8 Å². The number of aliphatic hydroxyl groups is 1. The molecule has 2 aliphatic rings. The normalized spacial score (nSPS) is 25.4. The predicted molar refractivity (Wildman–Crippen MR) is 78.9 cm³/mol. The van der Waals surface area contributed by atoms with E-state index >= 15 is 0 Å². The Labute approximate surface area is 119 Å². The average molecular weight is 281 g/mol. The van der Waals surface area contributed by atoms with Gasteiger partial charge in [0.2, 0.25) is 0 Å². The third-order valence-electron chi connectivity index (χ3n) is 4.38. The van der Waals surface area contributed by atoms with Gasteiger partial charge in [-0.1, -0.05) is 17.7 Å². The monoisotopic (exact) mass is 280 g/mol. The Morgan fingerprint density at radius 3 is 2.89 bits per heavy atom. The molecule has 1 aromatic rings. The standard InChI is InChI=1S/C15H21ClN2O/c1-11(19)12-4-5-15(14(16)9-12)18-8-7-17-6-2-3-13(17)10-18/h4-5,9,11,13,19H,2-3,6-8,10H2,1H3/t11-,13?/m1/s1. The van der Waals surface area contributed by atoms with Crippen molar-refractivity contribution in [2.45, 2.75) is 31.9 Å². The summed E-state index contributed by atoms with van der Waals surface area (Å²) in [6, 6.07) is 6.62. The van der Waals surface area contributed by atoms with Crippen molar-refractivity contribution >= 4 is 17.3 Å². The summed E-state index contributed by atoms with van der Waals surface area (Å²) in [4.78, 5) is 4.98. The summed E-state index contributed by atoms with van der Waals surface area (Å²) < 4.78 is 0. The highest BCUT2D eigenvalue weighted by molar-refractivity contribution is 6.33. The maximum Gasteiger partial charge on any atom is 0.0762 e. The molecular weight excluding hydrogens is 260 g/mol. The molecule has 0 bridgehead atoms. The molecule has 2 heterocycles. The summed E-state index contributed by atoms with van der Waals surface area (Å²) in [7, 11) is 0. The first kappa shape index (κ1) is 13.2. The number of benzene rings is 1. The van der Waals surface area contributed by atoms with Gasteiger partial charge < -0.3 is 10.0 Å². The average Bonchev–Trinajstić information content (AvgIpc) is 2.85. The van der Waals surface area contributed by atoms with Gasteiger partial charge in [-0.2, -0.15) is 0 Å². The minimum atomic E-state index is -0.460. The van der Waals surface area contributed by atoms with E-state index in [1.165, 1.54) is 19.4 Å². The molecule has 19 heavy (non-hydrogen) atoms. The van der Waals surface area contributed by atoms with Crippen molar-refractivity contribution in [2.24, 2.45) is 0 Å². The van der Waals surface area contributed by atoms with Crippen LogP contribution < -0.4 is 4.90 Å². The molecule has 2 aliphatic heterocycles. The third kappa shape index (κ3) is 2.60. The van der Waals surface area contributed by atoms with Gasteiger partial charge in [-0.15, -0.1) is 0 Å². The van der Waals surface area contributed by atoms with E-state index in [4.69, 9.17) is 11.6 Å². The van der Waals surface area contributed by atoms with Crippen LogP contribution in [0.2, 0.25) is 5.02 Å². The molecule has 0 radical (unpaired) electrons. The highest BCUT2D eigenvalue weighted by Crippen LogP contribution is 2.32. The second-order valence-electron chi connectivity index (χ2n) is 5.66. The third-order valence-corrected chi connectivity index (χ3v) is 4.68. The number of hydrogen-bond donors (Lipinski definition) is 1. The van der Waals surface area contributed by atoms with Crippen LogP contribution in [-0.2, 0) is 0 Å². The number of piperazine rings is 1. The topological polar surface area (TPSA) is 26.7 Å². The highest BCUT2D eigenvalue weighted by Gasteiger charge is 2.31. The Hall–Kier alpha value is -0.770. The molecule has 3 nitrogen and oxygen atoms in total. The molecule has 3 rings (SSSR count). The molecule has 0 spiro atoms. The molecular formula is C15H21ClN2O. The molecule has 0 amide bonds. The molecule has 0 saturated carbocycles. The lowest BCUT2D eigenvalue weighted by Crippen LogP contribution is -2.50. The van der Waals surface area contributed by atoms with Crippen molar-refractivity contribution in [3.05, 3.63) is 28.8 Å². The smallest absolute Gasteiger partial charge is 0.0762 e. The fraction of sp³-hybridized carbons (Fsp3) is 0.600. The molecule has 2 fully saturated rings. The van der Waals surface area contributed by atoms with Crippen LogP contribution in [0, 0.1) is 0 Å². The van der Waals surface area contributed by atoms with E-state index in [2.05, 4.69) is 15.9 Å². The first-order valence-electron chi connectivity index (χ1n) is 7.11. The molecule has 0 aliphatic carbocycles. The van der Waals surface area contributed by atoms with Crippen LogP contribution in [0.1, 0.15) is 31.4 Å². The number of aliphatic hydroxyl groups excluding tert-OH is 1. The number of nitrogens with zero attached hydrogens (tertiary/aromatic N) is 2. The minimum absolute atomic E-state index is 0.460. The van der Waals surface area contributed by atoms with Crippen molar-refractivity contribution in [1.82, 2.24) is 4.90 Å². The molecule has 4 heteroatoms. The summed E-state index contributed by atoms with van der Waals surface area (Å²) in [5, 5.41) is 10.3. The van der Waals surface area contributed by atoms with Crippen LogP contribution in [-0.4, -0.2) is 42.2 Å². The molecule has 1 N–H and O–H groups in total. The van der Waals surface area contributed by atoms with E-state index in [9.17, 15) is 5.11 Å². The van der Waals surface area contributed by atoms with Gasteiger partial charge in [-0.05, 0) is 44.0 Å². The van der Waals surface area contributed by atoms with E-state index in [-0.39, 0.29) is 0 Å². The Morgan fingerprint density at radius 2 is 2.16 bits per heavy atom. The zero-order valence-corrected chi connectivity index (χ0v) is 12.1. The highest BCUT2D eigenvalue weighted by atomic mass is 35.5. The van der Waals surface area contributed by atoms with Gasteiger partial charge in [0.1, 0.15) is 0 Å². The quantitative estimate of drug-likeness (QED) is 0.902. The number of anilines is 1. The lowest BCUT2D eigenvalue weighted by atomic mass is 10.1. The van der Waals surface area contributed by atoms with E-state index in [1.54, 1.807) is 6.92 Å². The molecule has 1 aromatic carbocycles. The Balaban J connectivity index is 1.78. The SMILES string of the molecule is C[C@@H](O)c1ccc(N2CCN3CCCC3C2)c(Cl)c1. The summed E-state index contributed by atoms with van der Waals surface area (Å²) in [6.07, 6.45) is 2.17. The predicted octanol–water partition coefficient (Wildman–Crippen LogP) is 2.68. The largest absolute Gasteiger partial charge is 0.389 e. The second kappa shape index (κ2) is 5.31. The maximum atomic E-state index is 9.59. The first-order valence-corrected chi connectivity index (χ1v) is 7.49. The van der Waals surface area contributed by atoms with Gasteiger partial charge >= 0.3 is 0 Å². The van der Waals surface area contributed by atoms with Crippen LogP contribution in [0.15, 0.2) is 18.2 Å². The summed E-state index contributed by atoms with van der Waals surface area (Å²) in [6.45, 7) is 6.28. The van der Waals surface area contributed by atoms with Crippen molar-refractivity contribution in [3.63, 3.8) is 0 Å². The zero-order chi connectivity index (χ0) is 13.4. The van der Waals surface area contributed by atoms with Crippen molar-refractivity contribution in [1.29, 1.82) is 0 Å². The van der Waals surface area contributed by atoms with Crippen molar-refractivity contribution < 1.29 is 5.11 Å². The van der Waals surface area contributed by atoms with Gasteiger partial charge in [0.25, 0.3) is 0 Å².